The number of imidazole rings is 2. The molecule has 4 rings (SSSR count). The number of aromatic amines is 1. The van der Waals surface area contributed by atoms with Crippen LogP contribution in [0.15, 0.2) is 41.5 Å². The summed E-state index contributed by atoms with van der Waals surface area (Å²) in [4.78, 5) is 23.9. The lowest BCUT2D eigenvalue weighted by Gasteiger charge is -2.09. The second-order valence-corrected chi connectivity index (χ2v) is 6.55. The van der Waals surface area contributed by atoms with Gasteiger partial charge in [0, 0.05) is 17.8 Å². The number of alkyl halides is 1. The summed E-state index contributed by atoms with van der Waals surface area (Å²) in [5.41, 5.74) is 2.92. The van der Waals surface area contributed by atoms with E-state index in [1.165, 1.54) is 0 Å². The van der Waals surface area contributed by atoms with Gasteiger partial charge in [-0.05, 0) is 37.1 Å². The van der Waals surface area contributed by atoms with Crippen LogP contribution in [0.5, 0.6) is 0 Å². The Balaban J connectivity index is 1.80. The predicted molar refractivity (Wildman–Crippen MR) is 99.4 cm³/mol. The number of nitrogens with one attached hydrogen (secondary N) is 1. The molecule has 0 aliphatic rings. The molecule has 0 bridgehead atoms. The van der Waals surface area contributed by atoms with Gasteiger partial charge in [0.1, 0.15) is 5.82 Å². The molecule has 0 radical (unpaired) electrons. The number of hydrogen-bond donors (Lipinski definition) is 1. The normalized spacial score (nSPS) is 11.6. The average molecular weight is 374 g/mol. The molecule has 0 amide bonds. The van der Waals surface area contributed by atoms with Crippen LogP contribution in [0.4, 0.5) is 4.39 Å². The van der Waals surface area contributed by atoms with Gasteiger partial charge in [0.05, 0.1) is 41.5 Å². The molecule has 0 aliphatic carbocycles. The zero-order valence-electron chi connectivity index (χ0n) is 14.0. The van der Waals surface area contributed by atoms with E-state index in [0.29, 0.717) is 31.0 Å². The Bertz CT molecular complexity index is 1130. The predicted octanol–water partition coefficient (Wildman–Crippen LogP) is 3.53. The summed E-state index contributed by atoms with van der Waals surface area (Å²) < 4.78 is 16.2. The van der Waals surface area contributed by atoms with Gasteiger partial charge in [-0.15, -0.1) is 0 Å². The Kier molecular flexibility index (Phi) is 4.46. The number of hydrogen-bond acceptors (Lipinski definition) is 3. The summed E-state index contributed by atoms with van der Waals surface area (Å²) in [6.45, 7) is 0.584. The van der Waals surface area contributed by atoms with Gasteiger partial charge in [0.2, 0.25) is 0 Å². The number of unbranched alkanes of at least 4 members (excludes halogenated alkanes) is 1. The van der Waals surface area contributed by atoms with Crippen LogP contribution >= 0.6 is 11.6 Å². The van der Waals surface area contributed by atoms with Crippen LogP contribution in [0, 0.1) is 0 Å². The van der Waals surface area contributed by atoms with Crippen molar-refractivity contribution in [3.63, 3.8) is 0 Å². The summed E-state index contributed by atoms with van der Waals surface area (Å²) >= 11 is 6.09. The number of aromatic nitrogens is 5. The van der Waals surface area contributed by atoms with Crippen molar-refractivity contribution >= 4 is 33.7 Å². The number of fused-ring (bicyclic) bond motifs is 2. The first-order chi connectivity index (χ1) is 12.7. The molecular weight excluding hydrogens is 357 g/mol. The van der Waals surface area contributed by atoms with E-state index in [1.807, 2.05) is 16.7 Å². The zero-order valence-corrected chi connectivity index (χ0v) is 14.7. The fourth-order valence-electron chi connectivity index (χ4n) is 3.18. The van der Waals surface area contributed by atoms with Crippen molar-refractivity contribution in [3.05, 3.63) is 58.0 Å². The van der Waals surface area contributed by atoms with E-state index in [1.54, 1.807) is 29.1 Å². The monoisotopic (exact) mass is 373 g/mol. The third kappa shape index (κ3) is 2.99. The van der Waals surface area contributed by atoms with Crippen molar-refractivity contribution in [2.24, 2.45) is 0 Å². The maximum Gasteiger partial charge on any atom is 0.326 e. The molecule has 26 heavy (non-hydrogen) atoms. The van der Waals surface area contributed by atoms with Crippen LogP contribution in [0.25, 0.3) is 22.1 Å². The third-order valence-electron chi connectivity index (χ3n) is 4.43. The fourth-order valence-corrected chi connectivity index (χ4v) is 3.35. The van der Waals surface area contributed by atoms with Crippen LogP contribution in [0.3, 0.4) is 0 Å². The van der Waals surface area contributed by atoms with Crippen molar-refractivity contribution < 1.29 is 4.39 Å². The van der Waals surface area contributed by atoms with Gasteiger partial charge in [0.15, 0.2) is 0 Å². The maximum atomic E-state index is 12.5. The van der Waals surface area contributed by atoms with Crippen LogP contribution in [0.2, 0.25) is 5.02 Å². The van der Waals surface area contributed by atoms with Gasteiger partial charge in [0.25, 0.3) is 0 Å². The van der Waals surface area contributed by atoms with E-state index < -0.39 is 0 Å². The van der Waals surface area contributed by atoms with Crippen LogP contribution in [-0.2, 0) is 13.1 Å². The summed E-state index contributed by atoms with van der Waals surface area (Å²) in [6, 6.07) is 7.27. The average Bonchev–Trinajstić information content (AvgIpc) is 3.13. The van der Waals surface area contributed by atoms with E-state index in [-0.39, 0.29) is 12.4 Å². The Morgan fingerprint density at radius 2 is 2.04 bits per heavy atom. The van der Waals surface area contributed by atoms with Crippen LogP contribution < -0.4 is 5.69 Å². The highest BCUT2D eigenvalue weighted by Gasteiger charge is 2.14. The highest BCUT2D eigenvalue weighted by atomic mass is 35.5. The highest BCUT2D eigenvalue weighted by molar-refractivity contribution is 6.31. The van der Waals surface area contributed by atoms with E-state index in [4.69, 9.17) is 11.6 Å². The van der Waals surface area contributed by atoms with Gasteiger partial charge < -0.3 is 9.55 Å². The molecule has 4 aromatic rings. The maximum absolute atomic E-state index is 12.5. The van der Waals surface area contributed by atoms with Gasteiger partial charge >= 0.3 is 5.69 Å². The Morgan fingerprint density at radius 3 is 2.88 bits per heavy atom. The quantitative estimate of drug-likeness (QED) is 0.526. The number of pyridine rings is 1. The molecule has 0 atom stereocenters. The molecule has 3 aromatic heterocycles. The van der Waals surface area contributed by atoms with Crippen molar-refractivity contribution in [1.82, 2.24) is 24.1 Å². The van der Waals surface area contributed by atoms with Crippen molar-refractivity contribution in [3.8, 4) is 0 Å². The molecule has 6 nitrogen and oxygen atoms in total. The number of aryl methyl sites for hydroxylation is 1. The molecule has 3 heterocycles. The van der Waals surface area contributed by atoms with Crippen molar-refractivity contribution in [2.45, 2.75) is 25.9 Å². The highest BCUT2D eigenvalue weighted by Crippen LogP contribution is 2.22. The summed E-state index contributed by atoms with van der Waals surface area (Å²) in [5, 5.41) is 0.603. The van der Waals surface area contributed by atoms with Crippen LogP contribution in [-0.4, -0.2) is 30.8 Å². The lowest BCUT2D eigenvalue weighted by molar-refractivity contribution is 0.446. The molecular formula is C18H17ClFN5O. The first kappa shape index (κ1) is 16.8. The minimum Gasteiger partial charge on any atom is -0.326 e. The van der Waals surface area contributed by atoms with Crippen molar-refractivity contribution in [2.75, 3.05) is 6.67 Å². The Hall–Kier alpha value is -2.67. The van der Waals surface area contributed by atoms with Gasteiger partial charge in [-0.3, -0.25) is 13.9 Å². The molecule has 0 saturated carbocycles. The fraction of sp³-hybridized carbons (Fsp3) is 0.278. The lowest BCUT2D eigenvalue weighted by atomic mass is 10.3. The number of H-pyrrole nitrogens is 1. The Morgan fingerprint density at radius 1 is 1.15 bits per heavy atom. The zero-order chi connectivity index (χ0) is 18.1. The minimum absolute atomic E-state index is 0.214. The largest absolute Gasteiger partial charge is 0.326 e. The molecule has 0 saturated heterocycles. The Labute approximate surface area is 153 Å². The molecule has 1 aromatic carbocycles. The van der Waals surface area contributed by atoms with E-state index in [0.717, 1.165) is 27.9 Å². The van der Waals surface area contributed by atoms with E-state index in [2.05, 4.69) is 15.0 Å². The van der Waals surface area contributed by atoms with Gasteiger partial charge in [-0.1, -0.05) is 11.6 Å². The second kappa shape index (κ2) is 6.92. The molecule has 8 heteroatoms. The topological polar surface area (TPSA) is 68.5 Å². The molecule has 0 fully saturated rings. The number of rotatable bonds is 6. The standard InChI is InChI=1S/C18H17ClFN5O/c19-12-3-4-15-14(9-12)22-17(24(15)8-2-1-6-20)11-25-16-10-21-7-5-13(16)23-18(25)26/h3-5,7,9-10H,1-2,6,8,11H2,(H,23,26). The number of nitrogens with zero attached hydrogens (tertiary/aromatic N) is 4. The van der Waals surface area contributed by atoms with Gasteiger partial charge in [-0.25, -0.2) is 9.78 Å². The smallest absolute Gasteiger partial charge is 0.326 e. The minimum atomic E-state index is -0.346. The first-order valence-corrected chi connectivity index (χ1v) is 8.78. The molecule has 1 N–H and O–H groups in total. The molecule has 134 valence electrons. The molecule has 0 aliphatic heterocycles. The van der Waals surface area contributed by atoms with E-state index in [9.17, 15) is 9.18 Å². The second-order valence-electron chi connectivity index (χ2n) is 6.12. The third-order valence-corrected chi connectivity index (χ3v) is 4.67. The molecule has 0 unspecified atom stereocenters. The molecule has 0 spiro atoms. The summed E-state index contributed by atoms with van der Waals surface area (Å²) in [7, 11) is 0. The first-order valence-electron chi connectivity index (χ1n) is 8.40. The van der Waals surface area contributed by atoms with Crippen LogP contribution in [0.1, 0.15) is 18.7 Å². The summed E-state index contributed by atoms with van der Waals surface area (Å²) in [5.74, 6) is 0.730. The number of benzene rings is 1. The lowest BCUT2D eigenvalue weighted by Crippen LogP contribution is -2.20. The van der Waals surface area contributed by atoms with Crippen molar-refractivity contribution in [1.29, 1.82) is 0 Å². The SMILES string of the molecule is O=c1[nH]c2ccncc2n1Cc1nc2cc(Cl)ccc2n1CCCCF. The number of halogens is 2. The summed E-state index contributed by atoms with van der Waals surface area (Å²) in [6.07, 6.45) is 4.47. The van der Waals surface area contributed by atoms with Gasteiger partial charge in [-0.2, -0.15) is 0 Å². The van der Waals surface area contributed by atoms with E-state index >= 15 is 0 Å².